The van der Waals surface area contributed by atoms with Gasteiger partial charge >= 0.3 is 59.1 Å². The van der Waals surface area contributed by atoms with Gasteiger partial charge in [0.25, 0.3) is 0 Å². The summed E-state index contributed by atoms with van der Waals surface area (Å²) in [6.45, 7) is 2.31. The van der Waals surface area contributed by atoms with E-state index >= 15 is 0 Å². The maximum atomic E-state index is 10.7. The largest absolute Gasteiger partial charge is 1.00 e. The van der Waals surface area contributed by atoms with Crippen LogP contribution in [0, 0.1) is 0 Å². The number of thioether (sulfide) groups is 1. The van der Waals surface area contributed by atoms with Crippen LogP contribution in [0.25, 0.3) is 0 Å². The zero-order valence-corrected chi connectivity index (χ0v) is 17.2. The van der Waals surface area contributed by atoms with Gasteiger partial charge < -0.3 is 30.4 Å². The molecule has 0 bridgehead atoms. The number of aliphatic carboxylic acids is 2. The van der Waals surface area contributed by atoms with Crippen LogP contribution in [0.2, 0.25) is 0 Å². The molecule has 0 aromatic heterocycles. The quantitative estimate of drug-likeness (QED) is 0.420. The Morgan fingerprint density at radius 1 is 0.857 bits per heavy atom. The summed E-state index contributed by atoms with van der Waals surface area (Å²) in [4.78, 5) is 42.8. The third-order valence-corrected chi connectivity index (χ3v) is 3.03. The maximum Gasteiger partial charge on any atom is 1.00 e. The van der Waals surface area contributed by atoms with Gasteiger partial charge in [-0.25, -0.2) is 0 Å². The Labute approximate surface area is 170 Å². The number of rotatable bonds is 8. The fourth-order valence-electron chi connectivity index (χ4n) is 1.13. The first-order chi connectivity index (χ1) is 8.73. The van der Waals surface area contributed by atoms with E-state index in [0.717, 1.165) is 25.6 Å². The minimum Gasteiger partial charge on any atom is -0.548 e. The van der Waals surface area contributed by atoms with Crippen molar-refractivity contribution < 1.29 is 88.5 Å². The molecule has 0 aromatic rings. The Hall–Kier alpha value is 0.230. The second kappa shape index (κ2) is 13.9. The number of hydrogen-bond acceptors (Lipinski definition) is 7. The van der Waals surface area contributed by atoms with Gasteiger partial charge in [-0.1, -0.05) is 0 Å². The van der Waals surface area contributed by atoms with E-state index in [4.69, 9.17) is 0 Å². The minimum absolute atomic E-state index is 0. The molecule has 0 saturated heterocycles. The van der Waals surface area contributed by atoms with Crippen LogP contribution in [0.3, 0.4) is 0 Å². The molecule has 21 heavy (non-hydrogen) atoms. The molecule has 0 spiro atoms. The van der Waals surface area contributed by atoms with Crippen molar-refractivity contribution in [2.24, 2.45) is 0 Å². The van der Waals surface area contributed by atoms with Crippen molar-refractivity contribution in [3.63, 3.8) is 0 Å². The van der Waals surface area contributed by atoms with Crippen molar-refractivity contribution in [3.8, 4) is 0 Å². The predicted molar refractivity (Wildman–Crippen MR) is 62.5 cm³/mol. The molecule has 0 radical (unpaired) electrons. The third kappa shape index (κ3) is 13.6. The van der Waals surface area contributed by atoms with Gasteiger partial charge in [-0.3, -0.25) is 9.59 Å². The summed E-state index contributed by atoms with van der Waals surface area (Å²) in [7, 11) is 0. The van der Waals surface area contributed by atoms with E-state index in [-0.39, 0.29) is 70.6 Å². The summed E-state index contributed by atoms with van der Waals surface area (Å²) in [6.07, 6.45) is 0. The SMILES string of the molecule is CC(=O)N[C@@H](CSC[C@H](NC(C)=O)C(=O)[O-])C(=O)[O-].[Na+].[Na+]. The van der Waals surface area contributed by atoms with E-state index in [9.17, 15) is 29.4 Å². The first kappa shape index (κ1) is 26.1. The van der Waals surface area contributed by atoms with Crippen molar-refractivity contribution in [1.29, 1.82) is 0 Å². The number of carboxylic acid groups (broad SMARTS) is 2. The third-order valence-electron chi connectivity index (χ3n) is 1.89. The zero-order chi connectivity index (χ0) is 15.0. The molecule has 2 amide bonds. The minimum atomic E-state index is -1.47. The molecule has 2 atom stereocenters. The molecule has 108 valence electrons. The molecule has 0 fully saturated rings. The Balaban J connectivity index is -0.00000162. The number of carbonyl (C=O) groups is 4. The molecule has 8 nitrogen and oxygen atoms in total. The topological polar surface area (TPSA) is 138 Å². The Morgan fingerprint density at radius 2 is 1.14 bits per heavy atom. The van der Waals surface area contributed by atoms with Crippen LogP contribution in [0.4, 0.5) is 0 Å². The molecular formula is C10H14N2Na2O6S. The molecule has 0 aliphatic carbocycles. The Morgan fingerprint density at radius 3 is 1.33 bits per heavy atom. The van der Waals surface area contributed by atoms with Crippen LogP contribution >= 0.6 is 11.8 Å². The summed E-state index contributed by atoms with van der Waals surface area (Å²) < 4.78 is 0. The van der Waals surface area contributed by atoms with Crippen LogP contribution in [0.15, 0.2) is 0 Å². The van der Waals surface area contributed by atoms with Crippen LogP contribution in [0.1, 0.15) is 13.8 Å². The Kier molecular flexibility index (Phi) is 17.3. The van der Waals surface area contributed by atoms with E-state index in [0.29, 0.717) is 0 Å². The van der Waals surface area contributed by atoms with E-state index in [1.54, 1.807) is 0 Å². The zero-order valence-electron chi connectivity index (χ0n) is 12.4. The molecule has 0 aromatic carbocycles. The predicted octanol–water partition coefficient (Wildman–Crippen LogP) is -9.76. The van der Waals surface area contributed by atoms with Crippen molar-refractivity contribution in [3.05, 3.63) is 0 Å². The van der Waals surface area contributed by atoms with Gasteiger partial charge in [-0.05, 0) is 0 Å². The monoisotopic (exact) mass is 336 g/mol. The Bertz CT molecular complexity index is 349. The standard InChI is InChI=1S/C10H16N2O6S.2Na/c1-5(13)11-7(9(15)16)3-19-4-8(10(17)18)12-6(2)14;;/h7-8H,3-4H2,1-2H3,(H,11,13)(H,12,14)(H,15,16)(H,17,18);;/q;2*+1/p-2/t7-,8-;;/m0../s1. The first-order valence-electron chi connectivity index (χ1n) is 5.27. The summed E-state index contributed by atoms with van der Waals surface area (Å²) in [6, 6.07) is -2.44. The van der Waals surface area contributed by atoms with E-state index in [2.05, 4.69) is 10.6 Å². The van der Waals surface area contributed by atoms with Crippen LogP contribution in [-0.2, 0) is 19.2 Å². The molecule has 2 N–H and O–H groups in total. The summed E-state index contributed by atoms with van der Waals surface area (Å²) >= 11 is 0.939. The molecular weight excluding hydrogens is 322 g/mol. The first-order valence-corrected chi connectivity index (χ1v) is 6.43. The smallest absolute Gasteiger partial charge is 0.548 e. The molecule has 0 aliphatic rings. The van der Waals surface area contributed by atoms with E-state index < -0.39 is 35.8 Å². The number of amides is 2. The summed E-state index contributed by atoms with van der Waals surface area (Å²) in [5.74, 6) is -4.16. The van der Waals surface area contributed by atoms with Gasteiger partial charge in [-0.2, -0.15) is 11.8 Å². The normalized spacial score (nSPS) is 11.9. The summed E-state index contributed by atoms with van der Waals surface area (Å²) in [5, 5.41) is 25.7. The van der Waals surface area contributed by atoms with E-state index in [1.807, 2.05) is 0 Å². The molecule has 0 aliphatic heterocycles. The number of hydrogen-bond donors (Lipinski definition) is 2. The van der Waals surface area contributed by atoms with Gasteiger partial charge in [0.1, 0.15) is 0 Å². The molecule has 0 heterocycles. The van der Waals surface area contributed by atoms with Gasteiger partial charge in [0.15, 0.2) is 0 Å². The van der Waals surface area contributed by atoms with Gasteiger partial charge in [0.05, 0.1) is 24.0 Å². The summed E-state index contributed by atoms with van der Waals surface area (Å²) in [5.41, 5.74) is 0. The number of carbonyl (C=O) groups excluding carboxylic acids is 4. The van der Waals surface area contributed by atoms with Crippen molar-refractivity contribution in [1.82, 2.24) is 10.6 Å². The maximum absolute atomic E-state index is 10.7. The number of carboxylic acids is 2. The molecule has 0 saturated carbocycles. The molecule has 0 unspecified atom stereocenters. The number of nitrogens with one attached hydrogen (secondary N) is 2. The molecule has 11 heteroatoms. The fraction of sp³-hybridized carbons (Fsp3) is 0.600. The van der Waals surface area contributed by atoms with Crippen LogP contribution < -0.4 is 80.0 Å². The van der Waals surface area contributed by atoms with E-state index in [1.165, 1.54) is 0 Å². The average molecular weight is 336 g/mol. The molecule has 0 rings (SSSR count). The van der Waals surface area contributed by atoms with Gasteiger partial charge in [0.2, 0.25) is 11.8 Å². The van der Waals surface area contributed by atoms with Gasteiger partial charge in [-0.15, -0.1) is 0 Å². The van der Waals surface area contributed by atoms with Crippen molar-refractivity contribution >= 4 is 35.5 Å². The van der Waals surface area contributed by atoms with Crippen molar-refractivity contribution in [2.75, 3.05) is 11.5 Å². The second-order valence-electron chi connectivity index (χ2n) is 3.68. The fourth-order valence-corrected chi connectivity index (χ4v) is 2.18. The van der Waals surface area contributed by atoms with Gasteiger partial charge in [0, 0.05) is 25.4 Å². The average Bonchev–Trinajstić information content (AvgIpc) is 2.24. The van der Waals surface area contributed by atoms with Crippen LogP contribution in [-0.4, -0.2) is 47.3 Å². The van der Waals surface area contributed by atoms with Crippen molar-refractivity contribution in [2.45, 2.75) is 25.9 Å². The second-order valence-corrected chi connectivity index (χ2v) is 4.76. The van der Waals surface area contributed by atoms with Crippen LogP contribution in [0.5, 0.6) is 0 Å².